The largest absolute Gasteiger partial charge is 0.412 e. The zero-order valence-electron chi connectivity index (χ0n) is 10.2. The van der Waals surface area contributed by atoms with Crippen LogP contribution in [0.4, 0.5) is 13.2 Å². The molecule has 0 N–H and O–H groups in total. The Bertz CT molecular complexity index is 235. The van der Waals surface area contributed by atoms with Crippen molar-refractivity contribution >= 4 is 8.32 Å². The van der Waals surface area contributed by atoms with Gasteiger partial charge in [-0.2, -0.15) is 0 Å². The van der Waals surface area contributed by atoms with Crippen LogP contribution in [0.15, 0.2) is 0 Å². The Balaban J connectivity index is 2.45. The Labute approximate surface area is 96.5 Å². The molecule has 5 heteroatoms. The summed E-state index contributed by atoms with van der Waals surface area (Å²) in [6.07, 6.45) is -2.83. The summed E-state index contributed by atoms with van der Waals surface area (Å²) in [5, 5.41) is 0. The lowest BCUT2D eigenvalue weighted by molar-refractivity contribution is 0.0431. The third-order valence-corrected chi connectivity index (χ3v) is 7.03. The van der Waals surface area contributed by atoms with Crippen LogP contribution in [-0.4, -0.2) is 26.5 Å². The molecule has 96 valence electrons. The van der Waals surface area contributed by atoms with Gasteiger partial charge in [-0.1, -0.05) is 6.42 Å². The number of rotatable bonds is 4. The molecule has 16 heavy (non-hydrogen) atoms. The molecule has 0 aromatic heterocycles. The quantitative estimate of drug-likeness (QED) is 0.685. The molecule has 0 saturated carbocycles. The highest BCUT2D eigenvalue weighted by atomic mass is 28.4. The highest BCUT2D eigenvalue weighted by molar-refractivity contribution is 6.72. The van der Waals surface area contributed by atoms with Gasteiger partial charge in [-0.25, -0.2) is 13.2 Å². The standard InChI is InChI=1S/C11H21F3OSi/c1-11(2)6-4-7-16(3,15-11)8-5-9(12)10(13)14/h9-10H,4-8H2,1-3H3. The lowest BCUT2D eigenvalue weighted by atomic mass is 10.0. The van der Waals surface area contributed by atoms with Crippen LogP contribution < -0.4 is 0 Å². The predicted molar refractivity (Wildman–Crippen MR) is 61.1 cm³/mol. The fraction of sp³-hybridized carbons (Fsp3) is 1.00. The first kappa shape index (κ1) is 14.0. The number of hydrogen-bond acceptors (Lipinski definition) is 1. The normalized spacial score (nSPS) is 31.7. The van der Waals surface area contributed by atoms with E-state index in [4.69, 9.17) is 4.43 Å². The average Bonchev–Trinajstić information content (AvgIpc) is 2.12. The van der Waals surface area contributed by atoms with E-state index >= 15 is 0 Å². The van der Waals surface area contributed by atoms with E-state index in [1.807, 2.05) is 20.4 Å². The molecule has 1 saturated heterocycles. The summed E-state index contributed by atoms with van der Waals surface area (Å²) < 4.78 is 43.0. The summed E-state index contributed by atoms with van der Waals surface area (Å²) >= 11 is 0. The smallest absolute Gasteiger partial charge is 0.269 e. The second-order valence-corrected chi connectivity index (χ2v) is 9.66. The third-order valence-electron chi connectivity index (χ3n) is 3.23. The fourth-order valence-corrected chi connectivity index (χ4v) is 6.10. The molecule has 2 atom stereocenters. The molecule has 0 aliphatic carbocycles. The van der Waals surface area contributed by atoms with Crippen molar-refractivity contribution in [3.05, 3.63) is 0 Å². The van der Waals surface area contributed by atoms with Gasteiger partial charge in [0.25, 0.3) is 6.43 Å². The third kappa shape index (κ3) is 4.09. The average molecular weight is 254 g/mol. The zero-order chi connectivity index (χ0) is 12.4. The second-order valence-electron chi connectivity index (χ2n) is 5.55. The molecule has 0 spiro atoms. The van der Waals surface area contributed by atoms with Crippen LogP contribution in [0.2, 0.25) is 18.6 Å². The van der Waals surface area contributed by atoms with Gasteiger partial charge in [0.15, 0.2) is 14.5 Å². The summed E-state index contributed by atoms with van der Waals surface area (Å²) in [5.74, 6) is 0. The Kier molecular flexibility index (Phi) is 4.46. The summed E-state index contributed by atoms with van der Waals surface area (Å²) in [4.78, 5) is 0. The molecule has 1 heterocycles. The minimum absolute atomic E-state index is 0.0591. The van der Waals surface area contributed by atoms with E-state index in [0.29, 0.717) is 6.04 Å². The molecule has 0 aromatic carbocycles. The van der Waals surface area contributed by atoms with E-state index in [1.165, 1.54) is 0 Å². The first-order chi connectivity index (χ1) is 7.24. The molecule has 1 fully saturated rings. The molecule has 0 bridgehead atoms. The summed E-state index contributed by atoms with van der Waals surface area (Å²) in [6.45, 7) is 6.08. The van der Waals surface area contributed by atoms with Gasteiger partial charge in [-0.3, -0.25) is 0 Å². The van der Waals surface area contributed by atoms with Crippen molar-refractivity contribution in [3.63, 3.8) is 0 Å². The molecular formula is C11H21F3OSi. The molecule has 0 radical (unpaired) electrons. The maximum Gasteiger partial charge on any atom is 0.269 e. The fourth-order valence-electron chi connectivity index (χ4n) is 2.40. The van der Waals surface area contributed by atoms with Gasteiger partial charge in [-0.15, -0.1) is 0 Å². The minimum atomic E-state index is -2.85. The number of alkyl halides is 3. The zero-order valence-corrected chi connectivity index (χ0v) is 11.2. The maximum absolute atomic E-state index is 12.9. The highest BCUT2D eigenvalue weighted by Crippen LogP contribution is 2.36. The first-order valence-electron chi connectivity index (χ1n) is 5.87. The number of halogens is 3. The minimum Gasteiger partial charge on any atom is -0.412 e. The predicted octanol–water partition coefficient (Wildman–Crippen LogP) is 4.14. The van der Waals surface area contributed by atoms with E-state index in [0.717, 1.165) is 18.9 Å². The van der Waals surface area contributed by atoms with Crippen LogP contribution in [0.5, 0.6) is 0 Å². The van der Waals surface area contributed by atoms with Crippen molar-refractivity contribution < 1.29 is 17.6 Å². The van der Waals surface area contributed by atoms with Gasteiger partial charge in [0.05, 0.1) is 5.60 Å². The summed E-state index contributed by atoms with van der Waals surface area (Å²) in [5.41, 5.74) is -0.157. The summed E-state index contributed by atoms with van der Waals surface area (Å²) in [7, 11) is -1.95. The van der Waals surface area contributed by atoms with E-state index in [1.54, 1.807) is 0 Å². The molecular weight excluding hydrogens is 233 g/mol. The maximum atomic E-state index is 12.9. The van der Waals surface area contributed by atoms with Crippen LogP contribution in [0.25, 0.3) is 0 Å². The van der Waals surface area contributed by atoms with Crippen molar-refractivity contribution in [2.24, 2.45) is 0 Å². The van der Waals surface area contributed by atoms with Crippen LogP contribution in [0, 0.1) is 0 Å². The Morgan fingerprint density at radius 2 is 1.94 bits per heavy atom. The van der Waals surface area contributed by atoms with Gasteiger partial charge >= 0.3 is 0 Å². The molecule has 1 nitrogen and oxygen atoms in total. The van der Waals surface area contributed by atoms with Crippen molar-refractivity contribution in [1.82, 2.24) is 0 Å². The Morgan fingerprint density at radius 1 is 1.31 bits per heavy atom. The van der Waals surface area contributed by atoms with Crippen molar-refractivity contribution in [1.29, 1.82) is 0 Å². The lowest BCUT2D eigenvalue weighted by Crippen LogP contribution is -2.47. The van der Waals surface area contributed by atoms with Crippen LogP contribution in [-0.2, 0) is 4.43 Å². The molecule has 1 aliphatic heterocycles. The molecule has 1 rings (SSSR count). The Morgan fingerprint density at radius 3 is 2.44 bits per heavy atom. The second kappa shape index (κ2) is 5.08. The van der Waals surface area contributed by atoms with Crippen molar-refractivity contribution in [3.8, 4) is 0 Å². The Hall–Kier alpha value is -0.0331. The molecule has 0 aromatic rings. The monoisotopic (exact) mass is 254 g/mol. The van der Waals surface area contributed by atoms with Crippen LogP contribution in [0.3, 0.4) is 0 Å². The van der Waals surface area contributed by atoms with Gasteiger partial charge < -0.3 is 4.43 Å². The highest BCUT2D eigenvalue weighted by Gasteiger charge is 2.40. The van der Waals surface area contributed by atoms with Crippen molar-refractivity contribution in [2.75, 3.05) is 0 Å². The van der Waals surface area contributed by atoms with Crippen LogP contribution in [0.1, 0.15) is 33.1 Å². The van der Waals surface area contributed by atoms with E-state index in [2.05, 4.69) is 0 Å². The first-order valence-corrected chi connectivity index (χ1v) is 8.69. The van der Waals surface area contributed by atoms with Crippen molar-refractivity contribution in [2.45, 2.75) is 69.9 Å². The van der Waals surface area contributed by atoms with E-state index in [9.17, 15) is 13.2 Å². The topological polar surface area (TPSA) is 9.23 Å². The lowest BCUT2D eigenvalue weighted by Gasteiger charge is -2.42. The number of hydrogen-bond donors (Lipinski definition) is 0. The van der Waals surface area contributed by atoms with Gasteiger partial charge in [0.1, 0.15) is 0 Å². The van der Waals surface area contributed by atoms with Gasteiger partial charge in [-0.05, 0) is 45.3 Å². The van der Waals surface area contributed by atoms with Crippen LogP contribution >= 0.6 is 0 Å². The van der Waals surface area contributed by atoms with E-state index in [-0.39, 0.29) is 12.0 Å². The molecule has 0 amide bonds. The van der Waals surface area contributed by atoms with Gasteiger partial charge in [0, 0.05) is 0 Å². The summed E-state index contributed by atoms with van der Waals surface area (Å²) in [6, 6.07) is 1.47. The van der Waals surface area contributed by atoms with E-state index < -0.39 is 20.9 Å². The molecule has 2 unspecified atom stereocenters. The molecule has 1 aliphatic rings. The van der Waals surface area contributed by atoms with Gasteiger partial charge in [0.2, 0.25) is 0 Å². The SMILES string of the molecule is CC1(C)CCC[Si](C)(CCC(F)C(F)F)O1.